The Labute approximate surface area is 61.4 Å². The molecular weight excluding hydrogens is 184 g/mol. The van der Waals surface area contributed by atoms with Crippen molar-refractivity contribution >= 4 is 15.9 Å². The number of rotatable bonds is 1. The van der Waals surface area contributed by atoms with Gasteiger partial charge in [-0.05, 0) is 15.9 Å². The van der Waals surface area contributed by atoms with E-state index in [1.165, 1.54) is 0 Å². The summed E-state index contributed by atoms with van der Waals surface area (Å²) >= 11 is 3.25. The first-order valence-corrected chi connectivity index (χ1v) is 3.32. The molecule has 0 unspecified atom stereocenters. The topological polar surface area (TPSA) is 38.0 Å². The Morgan fingerprint density at radius 2 is 2.56 bits per heavy atom. The van der Waals surface area contributed by atoms with E-state index in [2.05, 4.69) is 21.0 Å². The largest absolute Gasteiger partial charge is 0.392 e. The fourth-order valence-electron chi connectivity index (χ4n) is 0.574. The average Bonchev–Trinajstić information content (AvgIpc) is 2.15. The molecule has 0 fully saturated rings. The van der Waals surface area contributed by atoms with Crippen LogP contribution in [0.4, 0.5) is 0 Å². The number of aliphatic hydroxyl groups is 1. The van der Waals surface area contributed by atoms with E-state index in [0.29, 0.717) is 0 Å². The lowest BCUT2D eigenvalue weighted by Crippen LogP contribution is -1.89. The molecule has 0 amide bonds. The summed E-state index contributed by atoms with van der Waals surface area (Å²) in [5, 5.41) is 12.5. The van der Waals surface area contributed by atoms with Crippen LogP contribution in [0.1, 0.15) is 5.56 Å². The third-order valence-electron chi connectivity index (χ3n) is 1.11. The zero-order chi connectivity index (χ0) is 6.85. The van der Waals surface area contributed by atoms with Gasteiger partial charge in [-0.3, -0.25) is 4.68 Å². The molecule has 0 saturated carbocycles. The van der Waals surface area contributed by atoms with Crippen LogP contribution >= 0.6 is 15.9 Å². The molecule has 0 aliphatic heterocycles. The maximum Gasteiger partial charge on any atom is 0.109 e. The second-order valence-corrected chi connectivity index (χ2v) is 2.49. The van der Waals surface area contributed by atoms with Crippen molar-refractivity contribution in [2.75, 3.05) is 0 Å². The van der Waals surface area contributed by atoms with Crippen LogP contribution in [0.3, 0.4) is 0 Å². The molecule has 1 N–H and O–H groups in total. The summed E-state index contributed by atoms with van der Waals surface area (Å²) in [6, 6.07) is 0. The van der Waals surface area contributed by atoms with E-state index in [0.717, 1.165) is 10.2 Å². The van der Waals surface area contributed by atoms with Crippen molar-refractivity contribution in [2.24, 2.45) is 7.05 Å². The van der Waals surface area contributed by atoms with Crippen molar-refractivity contribution in [3.05, 3.63) is 16.4 Å². The van der Waals surface area contributed by atoms with Crippen molar-refractivity contribution in [3.8, 4) is 0 Å². The van der Waals surface area contributed by atoms with Crippen LogP contribution < -0.4 is 0 Å². The van der Waals surface area contributed by atoms with Gasteiger partial charge in [0.1, 0.15) is 4.60 Å². The molecule has 0 saturated heterocycles. The van der Waals surface area contributed by atoms with Crippen molar-refractivity contribution in [3.63, 3.8) is 0 Å². The highest BCUT2D eigenvalue weighted by atomic mass is 79.9. The van der Waals surface area contributed by atoms with Crippen LogP contribution in [0, 0.1) is 0 Å². The molecule has 0 spiro atoms. The molecule has 1 heterocycles. The van der Waals surface area contributed by atoms with E-state index in [4.69, 9.17) is 5.11 Å². The van der Waals surface area contributed by atoms with Gasteiger partial charge in [0.25, 0.3) is 0 Å². The minimum absolute atomic E-state index is 0.0361. The van der Waals surface area contributed by atoms with Gasteiger partial charge in [0, 0.05) is 12.6 Å². The zero-order valence-electron chi connectivity index (χ0n) is 5.00. The Morgan fingerprint density at radius 1 is 1.89 bits per heavy atom. The molecular formula is C5H7BrN2O. The van der Waals surface area contributed by atoms with E-state index in [-0.39, 0.29) is 6.61 Å². The van der Waals surface area contributed by atoms with Gasteiger partial charge in [0.05, 0.1) is 12.8 Å². The number of aryl methyl sites for hydroxylation is 1. The lowest BCUT2D eigenvalue weighted by Gasteiger charge is -1.91. The molecule has 3 nitrogen and oxygen atoms in total. The number of halogens is 1. The van der Waals surface area contributed by atoms with E-state index in [1.807, 2.05) is 7.05 Å². The number of nitrogens with zero attached hydrogens (tertiary/aromatic N) is 2. The second kappa shape index (κ2) is 2.49. The SMILES string of the molecule is Cn1ncc(CO)c1Br. The number of hydrogen-bond donors (Lipinski definition) is 1. The second-order valence-electron chi connectivity index (χ2n) is 1.74. The minimum Gasteiger partial charge on any atom is -0.392 e. The van der Waals surface area contributed by atoms with Gasteiger partial charge >= 0.3 is 0 Å². The molecule has 0 radical (unpaired) electrons. The summed E-state index contributed by atoms with van der Waals surface area (Å²) in [6.07, 6.45) is 1.63. The van der Waals surface area contributed by atoms with E-state index in [9.17, 15) is 0 Å². The highest BCUT2D eigenvalue weighted by Gasteiger charge is 2.01. The van der Waals surface area contributed by atoms with E-state index in [1.54, 1.807) is 10.9 Å². The highest BCUT2D eigenvalue weighted by molar-refractivity contribution is 9.10. The molecule has 0 aromatic carbocycles. The third-order valence-corrected chi connectivity index (χ3v) is 2.13. The van der Waals surface area contributed by atoms with Gasteiger partial charge in [-0.15, -0.1) is 0 Å². The van der Waals surface area contributed by atoms with Crippen molar-refractivity contribution < 1.29 is 5.11 Å². The molecule has 1 aromatic heterocycles. The van der Waals surface area contributed by atoms with Gasteiger partial charge in [0.2, 0.25) is 0 Å². The molecule has 0 atom stereocenters. The van der Waals surface area contributed by atoms with Crippen LogP contribution in [-0.2, 0) is 13.7 Å². The van der Waals surface area contributed by atoms with E-state index >= 15 is 0 Å². The van der Waals surface area contributed by atoms with Crippen molar-refractivity contribution in [2.45, 2.75) is 6.61 Å². The van der Waals surface area contributed by atoms with Gasteiger partial charge < -0.3 is 5.11 Å². The molecule has 9 heavy (non-hydrogen) atoms. The predicted molar refractivity (Wildman–Crippen MR) is 36.8 cm³/mol. The monoisotopic (exact) mass is 190 g/mol. The maximum atomic E-state index is 8.65. The zero-order valence-corrected chi connectivity index (χ0v) is 6.59. The first kappa shape index (κ1) is 6.77. The lowest BCUT2D eigenvalue weighted by atomic mass is 10.4. The predicted octanol–water partition coefficient (Wildman–Crippen LogP) is 0.675. The summed E-state index contributed by atoms with van der Waals surface area (Å²) in [5.74, 6) is 0. The average molecular weight is 191 g/mol. The standard InChI is InChI=1S/C5H7BrN2O/c1-8-5(6)4(3-9)2-7-8/h2,9H,3H2,1H3. The third kappa shape index (κ3) is 1.14. The molecule has 1 rings (SSSR count). The molecule has 1 aromatic rings. The van der Waals surface area contributed by atoms with Crippen LogP contribution in [0.25, 0.3) is 0 Å². The number of aliphatic hydroxyl groups excluding tert-OH is 1. The fourth-order valence-corrected chi connectivity index (χ4v) is 0.893. The van der Waals surface area contributed by atoms with Crippen LogP contribution in [0.2, 0.25) is 0 Å². The van der Waals surface area contributed by atoms with Gasteiger partial charge in [-0.25, -0.2) is 0 Å². The Kier molecular flexibility index (Phi) is 1.87. The molecule has 50 valence electrons. The highest BCUT2D eigenvalue weighted by Crippen LogP contribution is 2.13. The first-order valence-electron chi connectivity index (χ1n) is 2.53. The Balaban J connectivity index is 3.04. The van der Waals surface area contributed by atoms with Crippen molar-refractivity contribution in [1.82, 2.24) is 9.78 Å². The molecule has 4 heteroatoms. The van der Waals surface area contributed by atoms with Gasteiger partial charge in [-0.1, -0.05) is 0 Å². The smallest absolute Gasteiger partial charge is 0.109 e. The van der Waals surface area contributed by atoms with Crippen LogP contribution in [-0.4, -0.2) is 14.9 Å². The quantitative estimate of drug-likeness (QED) is 0.708. The summed E-state index contributed by atoms with van der Waals surface area (Å²) in [7, 11) is 1.81. The normalized spacial score (nSPS) is 10.1. The Hall–Kier alpha value is -0.350. The van der Waals surface area contributed by atoms with Gasteiger partial charge in [-0.2, -0.15) is 5.10 Å². The Morgan fingerprint density at radius 3 is 2.78 bits per heavy atom. The summed E-state index contributed by atoms with van der Waals surface area (Å²) in [6.45, 7) is 0.0361. The Bertz CT molecular complexity index is 209. The fraction of sp³-hybridized carbons (Fsp3) is 0.400. The van der Waals surface area contributed by atoms with E-state index < -0.39 is 0 Å². The lowest BCUT2D eigenvalue weighted by molar-refractivity contribution is 0.281. The first-order chi connectivity index (χ1) is 4.25. The number of hydrogen-bond acceptors (Lipinski definition) is 2. The van der Waals surface area contributed by atoms with Crippen LogP contribution in [0.5, 0.6) is 0 Å². The molecule has 0 aliphatic carbocycles. The van der Waals surface area contributed by atoms with Crippen molar-refractivity contribution in [1.29, 1.82) is 0 Å². The summed E-state index contributed by atoms with van der Waals surface area (Å²) < 4.78 is 2.50. The summed E-state index contributed by atoms with van der Waals surface area (Å²) in [5.41, 5.74) is 0.817. The maximum absolute atomic E-state index is 8.65. The molecule has 0 aliphatic rings. The minimum atomic E-state index is 0.0361. The number of aromatic nitrogens is 2. The van der Waals surface area contributed by atoms with Gasteiger partial charge in [0.15, 0.2) is 0 Å². The summed E-state index contributed by atoms with van der Waals surface area (Å²) in [4.78, 5) is 0. The molecule has 0 bridgehead atoms. The van der Waals surface area contributed by atoms with Crippen LogP contribution in [0.15, 0.2) is 10.8 Å².